The van der Waals surface area contributed by atoms with E-state index in [4.69, 9.17) is 4.74 Å². The van der Waals surface area contributed by atoms with Crippen molar-refractivity contribution in [3.05, 3.63) is 30.2 Å². The minimum atomic E-state index is -0.468. The predicted molar refractivity (Wildman–Crippen MR) is 91.1 cm³/mol. The predicted octanol–water partition coefficient (Wildman–Crippen LogP) is 3.23. The summed E-state index contributed by atoms with van der Waals surface area (Å²) in [4.78, 5) is 18.1. The van der Waals surface area contributed by atoms with Crippen LogP contribution in [0.5, 0.6) is 5.88 Å². The zero-order valence-corrected chi connectivity index (χ0v) is 14.5. The average Bonchev–Trinajstić information content (AvgIpc) is 2.89. The summed E-state index contributed by atoms with van der Waals surface area (Å²) in [7, 11) is 0. The molecule has 1 aliphatic rings. The summed E-state index contributed by atoms with van der Waals surface area (Å²) in [6, 6.07) is 5.82. The van der Waals surface area contributed by atoms with Crippen LogP contribution in [0.1, 0.15) is 39.3 Å². The summed E-state index contributed by atoms with van der Waals surface area (Å²) in [6.45, 7) is 7.11. The first-order valence-corrected chi connectivity index (χ1v) is 8.45. The number of pyridine rings is 1. The number of carbonyl (C=O) groups is 1. The molecule has 1 atom stereocenters. The molecule has 0 spiro atoms. The van der Waals surface area contributed by atoms with Gasteiger partial charge >= 0.3 is 6.09 Å². The van der Waals surface area contributed by atoms with Gasteiger partial charge in [-0.1, -0.05) is 6.07 Å². The molecule has 24 heavy (non-hydrogen) atoms. The van der Waals surface area contributed by atoms with E-state index in [-0.39, 0.29) is 12.0 Å². The Bertz CT molecular complexity index is 733. The molecule has 0 saturated carbocycles. The maximum Gasteiger partial charge on any atom is 0.410 e. The summed E-state index contributed by atoms with van der Waals surface area (Å²) < 4.78 is 7.41. The van der Waals surface area contributed by atoms with E-state index < -0.39 is 5.60 Å². The molecule has 1 fully saturated rings. The Balaban J connectivity index is 1.70. The number of imidazole rings is 1. The van der Waals surface area contributed by atoms with E-state index in [1.165, 1.54) is 0 Å². The van der Waals surface area contributed by atoms with Crippen LogP contribution in [0.25, 0.3) is 5.52 Å². The fourth-order valence-electron chi connectivity index (χ4n) is 3.25. The molecule has 6 heteroatoms. The average molecular weight is 331 g/mol. The van der Waals surface area contributed by atoms with Crippen LogP contribution in [0, 0.1) is 5.92 Å². The summed E-state index contributed by atoms with van der Waals surface area (Å²) >= 11 is 0. The minimum Gasteiger partial charge on any atom is -0.492 e. The lowest BCUT2D eigenvalue weighted by atomic mass is 9.93. The van der Waals surface area contributed by atoms with Crippen molar-refractivity contribution in [1.82, 2.24) is 14.3 Å². The van der Waals surface area contributed by atoms with Crippen LogP contribution < -0.4 is 0 Å². The van der Waals surface area contributed by atoms with Gasteiger partial charge < -0.3 is 14.7 Å². The number of piperidine rings is 1. The molecule has 6 nitrogen and oxygen atoms in total. The minimum absolute atomic E-state index is 0.0517. The molecule has 1 saturated heterocycles. The Morgan fingerprint density at radius 3 is 2.96 bits per heavy atom. The van der Waals surface area contributed by atoms with Crippen molar-refractivity contribution in [1.29, 1.82) is 0 Å². The van der Waals surface area contributed by atoms with Gasteiger partial charge in [-0.3, -0.25) is 4.40 Å². The number of hydrogen-bond donors (Lipinski definition) is 1. The number of nitrogens with zero attached hydrogens (tertiary/aromatic N) is 3. The van der Waals surface area contributed by atoms with Crippen LogP contribution in [0.3, 0.4) is 0 Å². The molecule has 1 N–H and O–H groups in total. The van der Waals surface area contributed by atoms with Crippen molar-refractivity contribution in [2.75, 3.05) is 13.1 Å². The van der Waals surface area contributed by atoms with E-state index in [1.807, 2.05) is 48.3 Å². The largest absolute Gasteiger partial charge is 0.492 e. The first kappa shape index (κ1) is 16.6. The number of amides is 1. The normalized spacial score (nSPS) is 18.8. The van der Waals surface area contributed by atoms with E-state index in [1.54, 1.807) is 6.33 Å². The Kier molecular flexibility index (Phi) is 4.39. The number of hydrogen-bond acceptors (Lipinski definition) is 4. The summed E-state index contributed by atoms with van der Waals surface area (Å²) in [5, 5.41) is 9.76. The lowest BCUT2D eigenvalue weighted by molar-refractivity contribution is 0.0165. The molecule has 3 heterocycles. The van der Waals surface area contributed by atoms with Crippen LogP contribution in [-0.2, 0) is 11.2 Å². The van der Waals surface area contributed by atoms with Crippen molar-refractivity contribution in [3.8, 4) is 5.88 Å². The second-order valence-electron chi connectivity index (χ2n) is 7.48. The maximum atomic E-state index is 12.3. The lowest BCUT2D eigenvalue weighted by Gasteiger charge is -2.34. The summed E-state index contributed by atoms with van der Waals surface area (Å²) in [5.41, 5.74) is 1.34. The van der Waals surface area contributed by atoms with E-state index in [0.29, 0.717) is 18.0 Å². The number of ether oxygens (including phenoxy) is 1. The third-order valence-electron chi connectivity index (χ3n) is 4.30. The van der Waals surface area contributed by atoms with Crippen LogP contribution in [0.15, 0.2) is 24.5 Å². The van der Waals surface area contributed by atoms with E-state index >= 15 is 0 Å². The maximum absolute atomic E-state index is 12.3. The molecule has 2 aromatic rings. The molecule has 2 aromatic heterocycles. The smallest absolute Gasteiger partial charge is 0.410 e. The van der Waals surface area contributed by atoms with Gasteiger partial charge in [0.05, 0.1) is 0 Å². The second kappa shape index (κ2) is 6.34. The number of carbonyl (C=O) groups excluding carboxylic acids is 1. The highest BCUT2D eigenvalue weighted by molar-refractivity contribution is 5.68. The molecule has 3 rings (SSSR count). The summed E-state index contributed by atoms with van der Waals surface area (Å²) in [6.07, 6.45) is 4.32. The van der Waals surface area contributed by atoms with Crippen molar-refractivity contribution >= 4 is 11.6 Å². The van der Waals surface area contributed by atoms with Crippen LogP contribution in [0.2, 0.25) is 0 Å². The van der Waals surface area contributed by atoms with Gasteiger partial charge in [0.1, 0.15) is 17.4 Å². The van der Waals surface area contributed by atoms with E-state index in [2.05, 4.69) is 4.98 Å². The number of likely N-dealkylation sites (tertiary alicyclic amines) is 1. The van der Waals surface area contributed by atoms with Crippen LogP contribution in [0.4, 0.5) is 4.79 Å². The number of rotatable bonds is 2. The van der Waals surface area contributed by atoms with Crippen molar-refractivity contribution in [2.24, 2.45) is 5.92 Å². The Hall–Kier alpha value is -2.24. The standard InChI is InChI=1S/C18H25N3O3/c1-18(2,3)24-17(23)20-9-5-6-13(11-20)10-14-7-4-8-15-16(22)19-12-21(14)15/h4,7-8,12-13,22H,5-6,9-11H2,1-3H3. The lowest BCUT2D eigenvalue weighted by Crippen LogP contribution is -2.43. The number of aromatic hydroxyl groups is 1. The van der Waals surface area contributed by atoms with Gasteiger partial charge in [-0.15, -0.1) is 0 Å². The van der Waals surface area contributed by atoms with Crippen LogP contribution in [-0.4, -0.2) is 44.2 Å². The van der Waals surface area contributed by atoms with Gasteiger partial charge in [0.25, 0.3) is 0 Å². The second-order valence-corrected chi connectivity index (χ2v) is 7.48. The Labute approximate surface area is 142 Å². The first-order chi connectivity index (χ1) is 11.3. The summed E-state index contributed by atoms with van der Waals surface area (Å²) in [5.74, 6) is 0.428. The molecule has 0 aliphatic carbocycles. The molecule has 130 valence electrons. The molecule has 0 aromatic carbocycles. The highest BCUT2D eigenvalue weighted by Crippen LogP contribution is 2.24. The SMILES string of the molecule is CC(C)(C)OC(=O)N1CCCC(Cc2cccc3c(O)ncn23)C1. The number of fused-ring (bicyclic) bond motifs is 1. The highest BCUT2D eigenvalue weighted by atomic mass is 16.6. The van der Waals surface area contributed by atoms with Crippen molar-refractivity contribution in [2.45, 2.75) is 45.6 Å². The highest BCUT2D eigenvalue weighted by Gasteiger charge is 2.28. The number of aromatic nitrogens is 2. The third-order valence-corrected chi connectivity index (χ3v) is 4.30. The topological polar surface area (TPSA) is 67.1 Å². The molecule has 1 amide bonds. The molecule has 0 bridgehead atoms. The quantitative estimate of drug-likeness (QED) is 0.917. The van der Waals surface area contributed by atoms with Gasteiger partial charge in [-0.25, -0.2) is 9.78 Å². The molecule has 0 radical (unpaired) electrons. The molecule has 1 aliphatic heterocycles. The monoisotopic (exact) mass is 331 g/mol. The van der Waals surface area contributed by atoms with Gasteiger partial charge in [0.2, 0.25) is 5.88 Å². The first-order valence-electron chi connectivity index (χ1n) is 8.45. The third kappa shape index (κ3) is 3.63. The fraction of sp³-hybridized carbons (Fsp3) is 0.556. The zero-order valence-electron chi connectivity index (χ0n) is 14.5. The van der Waals surface area contributed by atoms with E-state index in [9.17, 15) is 9.90 Å². The zero-order chi connectivity index (χ0) is 17.3. The van der Waals surface area contributed by atoms with Crippen molar-refractivity contribution in [3.63, 3.8) is 0 Å². The van der Waals surface area contributed by atoms with Crippen LogP contribution >= 0.6 is 0 Å². The molecular weight excluding hydrogens is 306 g/mol. The Morgan fingerprint density at radius 2 is 2.21 bits per heavy atom. The van der Waals surface area contributed by atoms with Gasteiger partial charge in [0.15, 0.2) is 0 Å². The van der Waals surface area contributed by atoms with E-state index in [0.717, 1.165) is 31.5 Å². The van der Waals surface area contributed by atoms with Gasteiger partial charge in [-0.2, -0.15) is 0 Å². The molecular formula is C18H25N3O3. The molecule has 1 unspecified atom stereocenters. The van der Waals surface area contributed by atoms with Gasteiger partial charge in [-0.05, 0) is 58.1 Å². The van der Waals surface area contributed by atoms with Gasteiger partial charge in [0, 0.05) is 18.8 Å². The van der Waals surface area contributed by atoms with Crippen molar-refractivity contribution < 1.29 is 14.6 Å². The fourth-order valence-corrected chi connectivity index (χ4v) is 3.25. The Morgan fingerprint density at radius 1 is 1.42 bits per heavy atom.